The molecule has 1 aliphatic rings. The quantitative estimate of drug-likeness (QED) is 0.695. The highest BCUT2D eigenvalue weighted by Crippen LogP contribution is 2.14. The predicted molar refractivity (Wildman–Crippen MR) is 106 cm³/mol. The first kappa shape index (κ1) is 17.7. The minimum Gasteiger partial charge on any atom is -0.497 e. The van der Waals surface area contributed by atoms with Crippen LogP contribution in [0.15, 0.2) is 48.5 Å². The first-order valence-corrected chi connectivity index (χ1v) is 9.24. The van der Waals surface area contributed by atoms with E-state index in [0.717, 1.165) is 24.5 Å². The van der Waals surface area contributed by atoms with Crippen LogP contribution in [0.1, 0.15) is 24.0 Å². The molecular weight excluding hydrogens is 330 g/mol. The Bertz CT molecular complexity index is 679. The zero-order chi connectivity index (χ0) is 17.5. The van der Waals surface area contributed by atoms with Crippen LogP contribution in [0.3, 0.4) is 0 Å². The van der Waals surface area contributed by atoms with Crippen LogP contribution in [0.2, 0.25) is 0 Å². The highest BCUT2D eigenvalue weighted by atomic mass is 32.1. The van der Waals surface area contributed by atoms with E-state index in [1.807, 2.05) is 24.3 Å². The maximum absolute atomic E-state index is 5.36. The summed E-state index contributed by atoms with van der Waals surface area (Å²) in [6.45, 7) is 4.49. The second-order valence-corrected chi connectivity index (χ2v) is 6.89. The predicted octanol–water partition coefficient (Wildman–Crippen LogP) is 2.36. The molecule has 1 saturated heterocycles. The zero-order valence-corrected chi connectivity index (χ0v) is 15.5. The van der Waals surface area contributed by atoms with E-state index in [4.69, 9.17) is 17.0 Å². The number of methoxy groups -OCH3 is 1. The van der Waals surface area contributed by atoms with Gasteiger partial charge in [-0.05, 0) is 42.0 Å². The van der Waals surface area contributed by atoms with E-state index in [1.54, 1.807) is 12.0 Å². The largest absolute Gasteiger partial charge is 0.497 e. The first-order valence-electron chi connectivity index (χ1n) is 8.83. The molecule has 0 radical (unpaired) electrons. The Morgan fingerprint density at radius 1 is 1.00 bits per heavy atom. The number of benzene rings is 2. The van der Waals surface area contributed by atoms with Gasteiger partial charge >= 0.3 is 0 Å². The lowest BCUT2D eigenvalue weighted by atomic mass is 10.1. The van der Waals surface area contributed by atoms with E-state index >= 15 is 0 Å². The van der Waals surface area contributed by atoms with Crippen molar-refractivity contribution in [3.05, 3.63) is 59.7 Å². The van der Waals surface area contributed by atoms with Crippen molar-refractivity contribution >= 4 is 23.0 Å². The monoisotopic (exact) mass is 356 g/mol. The average Bonchev–Trinajstić information content (AvgIpc) is 3.15. The Morgan fingerprint density at radius 2 is 1.64 bits per heavy atom. The van der Waals surface area contributed by atoms with Crippen molar-refractivity contribution in [2.45, 2.75) is 25.9 Å². The van der Waals surface area contributed by atoms with Crippen LogP contribution < -0.4 is 20.3 Å². The van der Waals surface area contributed by atoms with Crippen molar-refractivity contribution in [1.82, 2.24) is 5.32 Å². The van der Waals surface area contributed by atoms with Gasteiger partial charge in [-0.3, -0.25) is 0 Å². The van der Waals surface area contributed by atoms with Crippen molar-refractivity contribution in [3.8, 4) is 5.75 Å². The van der Waals surface area contributed by atoms with E-state index in [0.29, 0.717) is 5.11 Å². The third-order valence-corrected chi connectivity index (χ3v) is 4.84. The lowest BCUT2D eigenvalue weighted by Gasteiger charge is -2.13. The molecule has 1 heterocycles. The number of nitrogens with one attached hydrogen (secondary N) is 3. The van der Waals surface area contributed by atoms with E-state index < -0.39 is 0 Å². The standard InChI is InChI=1S/C20H25N3OS/c1-24-19-10-8-18(9-11-19)22-20(25)21-14-16-4-6-17(7-5-16)15-23-12-2-3-13-23/h4-11H,2-3,12-15H2,1H3,(H2,21,22,25)/p+1. The van der Waals surface area contributed by atoms with Crippen LogP contribution >= 0.6 is 12.2 Å². The molecule has 0 saturated carbocycles. The maximum Gasteiger partial charge on any atom is 0.171 e. The lowest BCUT2D eigenvalue weighted by Crippen LogP contribution is -3.08. The van der Waals surface area contributed by atoms with Gasteiger partial charge in [-0.2, -0.15) is 0 Å². The number of hydrogen-bond donors (Lipinski definition) is 3. The third kappa shape index (κ3) is 5.44. The van der Waals surface area contributed by atoms with Gasteiger partial charge < -0.3 is 20.3 Å². The maximum atomic E-state index is 5.36. The summed E-state index contributed by atoms with van der Waals surface area (Å²) < 4.78 is 5.15. The smallest absolute Gasteiger partial charge is 0.171 e. The number of hydrogen-bond acceptors (Lipinski definition) is 2. The van der Waals surface area contributed by atoms with E-state index in [-0.39, 0.29) is 0 Å². The van der Waals surface area contributed by atoms with Crippen molar-refractivity contribution in [3.63, 3.8) is 0 Å². The molecule has 0 spiro atoms. The van der Waals surface area contributed by atoms with Crippen LogP contribution in [0.25, 0.3) is 0 Å². The Labute approximate surface area is 155 Å². The van der Waals surface area contributed by atoms with E-state index in [2.05, 4.69) is 34.9 Å². The Hall–Kier alpha value is -2.11. The second kappa shape index (κ2) is 8.83. The summed E-state index contributed by atoms with van der Waals surface area (Å²) in [5.41, 5.74) is 3.60. The molecule has 0 atom stereocenters. The molecule has 1 aliphatic heterocycles. The molecule has 0 unspecified atom stereocenters. The summed E-state index contributed by atoms with van der Waals surface area (Å²) in [5.74, 6) is 0.834. The number of ether oxygens (including phenoxy) is 1. The minimum absolute atomic E-state index is 0.621. The molecular formula is C20H26N3OS+. The molecule has 1 fully saturated rings. The molecule has 4 nitrogen and oxygen atoms in total. The Kier molecular flexibility index (Phi) is 6.25. The SMILES string of the molecule is COc1ccc(NC(=S)NCc2ccc(C[NH+]3CCCC3)cc2)cc1. The van der Waals surface area contributed by atoms with Crippen LogP contribution in [0.4, 0.5) is 5.69 Å². The van der Waals surface area contributed by atoms with Gasteiger partial charge in [-0.25, -0.2) is 0 Å². The fraction of sp³-hybridized carbons (Fsp3) is 0.350. The molecule has 3 N–H and O–H groups in total. The van der Waals surface area contributed by atoms with Gasteiger partial charge in [-0.1, -0.05) is 24.3 Å². The summed E-state index contributed by atoms with van der Waals surface area (Å²) in [5, 5.41) is 7.06. The average molecular weight is 357 g/mol. The summed E-state index contributed by atoms with van der Waals surface area (Å²) in [7, 11) is 1.66. The molecule has 2 aromatic rings. The van der Waals surface area contributed by atoms with Crippen molar-refractivity contribution in [1.29, 1.82) is 0 Å². The minimum atomic E-state index is 0.621. The van der Waals surface area contributed by atoms with E-state index in [9.17, 15) is 0 Å². The van der Waals surface area contributed by atoms with Gasteiger partial charge in [0, 0.05) is 30.6 Å². The van der Waals surface area contributed by atoms with Gasteiger partial charge in [0.2, 0.25) is 0 Å². The fourth-order valence-electron chi connectivity index (χ4n) is 3.15. The first-order chi connectivity index (χ1) is 12.2. The molecule has 3 rings (SSSR count). The molecule has 0 aliphatic carbocycles. The van der Waals surface area contributed by atoms with Gasteiger partial charge in [-0.15, -0.1) is 0 Å². The summed E-state index contributed by atoms with van der Waals surface area (Å²) in [6.07, 6.45) is 2.74. The van der Waals surface area contributed by atoms with Gasteiger partial charge in [0.25, 0.3) is 0 Å². The topological polar surface area (TPSA) is 37.7 Å². The normalized spacial score (nSPS) is 14.3. The molecule has 0 aromatic heterocycles. The number of quaternary nitrogens is 1. The van der Waals surface area contributed by atoms with Crippen LogP contribution in [0.5, 0.6) is 5.75 Å². The summed E-state index contributed by atoms with van der Waals surface area (Å²) >= 11 is 5.36. The third-order valence-electron chi connectivity index (χ3n) is 4.59. The summed E-state index contributed by atoms with van der Waals surface area (Å²) in [4.78, 5) is 1.70. The Morgan fingerprint density at radius 3 is 2.28 bits per heavy atom. The van der Waals surface area contributed by atoms with Gasteiger partial charge in [0.15, 0.2) is 5.11 Å². The molecule has 0 bridgehead atoms. The molecule has 2 aromatic carbocycles. The molecule has 132 valence electrons. The fourth-order valence-corrected chi connectivity index (χ4v) is 3.34. The number of anilines is 1. The number of likely N-dealkylation sites (tertiary alicyclic amines) is 1. The van der Waals surface area contributed by atoms with Crippen LogP contribution in [-0.4, -0.2) is 25.3 Å². The van der Waals surface area contributed by atoms with Gasteiger partial charge in [0.05, 0.1) is 20.2 Å². The van der Waals surface area contributed by atoms with Crippen LogP contribution in [-0.2, 0) is 13.1 Å². The Balaban J connectivity index is 1.44. The number of thiocarbonyl (C=S) groups is 1. The van der Waals surface area contributed by atoms with Crippen molar-refractivity contribution in [2.24, 2.45) is 0 Å². The van der Waals surface area contributed by atoms with Crippen molar-refractivity contribution in [2.75, 3.05) is 25.5 Å². The highest BCUT2D eigenvalue weighted by Gasteiger charge is 2.15. The summed E-state index contributed by atoms with van der Waals surface area (Å²) in [6, 6.07) is 16.6. The highest BCUT2D eigenvalue weighted by molar-refractivity contribution is 7.80. The van der Waals surface area contributed by atoms with Crippen molar-refractivity contribution < 1.29 is 9.64 Å². The molecule has 25 heavy (non-hydrogen) atoms. The lowest BCUT2D eigenvalue weighted by molar-refractivity contribution is -0.901. The second-order valence-electron chi connectivity index (χ2n) is 6.49. The number of rotatable bonds is 6. The molecule has 5 heteroatoms. The molecule has 0 amide bonds. The van der Waals surface area contributed by atoms with Gasteiger partial charge in [0.1, 0.15) is 12.3 Å². The zero-order valence-electron chi connectivity index (χ0n) is 14.7. The van der Waals surface area contributed by atoms with Crippen LogP contribution in [0, 0.1) is 0 Å². The van der Waals surface area contributed by atoms with E-state index in [1.165, 1.54) is 37.1 Å².